The Labute approximate surface area is 214 Å². The van der Waals surface area contributed by atoms with E-state index in [1.807, 2.05) is 25.1 Å². The van der Waals surface area contributed by atoms with Crippen LogP contribution in [0.15, 0.2) is 78.0 Å². The van der Waals surface area contributed by atoms with Gasteiger partial charge >= 0.3 is 6.18 Å². The summed E-state index contributed by atoms with van der Waals surface area (Å²) in [6.45, 7) is 2.41. The Morgan fingerprint density at radius 3 is 2.50 bits per heavy atom. The molecule has 0 fully saturated rings. The first-order valence-corrected chi connectivity index (χ1v) is 12.2. The minimum atomic E-state index is -4.59. The van der Waals surface area contributed by atoms with Crippen molar-refractivity contribution in [3.63, 3.8) is 0 Å². The maximum atomic E-state index is 13.3. The highest BCUT2D eigenvalue weighted by Crippen LogP contribution is 2.35. The zero-order valence-corrected chi connectivity index (χ0v) is 20.5. The molecule has 3 aromatic carbocycles. The number of anilines is 1. The van der Waals surface area contributed by atoms with Crippen molar-refractivity contribution in [2.24, 2.45) is 0 Å². The van der Waals surface area contributed by atoms with Gasteiger partial charge in [-0.3, -0.25) is 9.36 Å². The highest BCUT2D eigenvalue weighted by atomic mass is 35.5. The average Bonchev–Trinajstić information content (AvgIpc) is 3.27. The molecule has 1 amide bonds. The van der Waals surface area contributed by atoms with Gasteiger partial charge in [0.15, 0.2) is 11.0 Å². The molecule has 186 valence electrons. The van der Waals surface area contributed by atoms with E-state index in [-0.39, 0.29) is 11.4 Å². The molecule has 4 aromatic rings. The lowest BCUT2D eigenvalue weighted by molar-refractivity contribution is -0.137. The molecule has 0 aliphatic rings. The number of nitrogens with one attached hydrogen (secondary N) is 1. The number of hydrogen-bond acceptors (Lipinski definition) is 5. The second-order valence-electron chi connectivity index (χ2n) is 7.46. The van der Waals surface area contributed by atoms with E-state index >= 15 is 0 Å². The van der Waals surface area contributed by atoms with Crippen molar-refractivity contribution < 1.29 is 22.7 Å². The monoisotopic (exact) mass is 532 g/mol. The Balaban J connectivity index is 1.61. The number of halogens is 4. The van der Waals surface area contributed by atoms with E-state index in [9.17, 15) is 18.0 Å². The highest BCUT2D eigenvalue weighted by molar-refractivity contribution is 7.99. The van der Waals surface area contributed by atoms with Gasteiger partial charge in [-0.05, 0) is 55.5 Å². The summed E-state index contributed by atoms with van der Waals surface area (Å²) in [7, 11) is 0. The van der Waals surface area contributed by atoms with Crippen LogP contribution < -0.4 is 10.1 Å². The highest BCUT2D eigenvalue weighted by Gasteiger charge is 2.33. The number of nitrogens with zero attached hydrogens (tertiary/aromatic N) is 3. The molecule has 0 saturated heterocycles. The topological polar surface area (TPSA) is 69.0 Å². The number of aromatic nitrogens is 3. The first kappa shape index (κ1) is 25.6. The van der Waals surface area contributed by atoms with Crippen LogP contribution in [0.25, 0.3) is 17.1 Å². The number of ether oxygens (including phenoxy) is 1. The molecule has 11 heteroatoms. The van der Waals surface area contributed by atoms with Crippen molar-refractivity contribution in [2.75, 3.05) is 17.7 Å². The van der Waals surface area contributed by atoms with Crippen LogP contribution in [0.5, 0.6) is 5.75 Å². The largest absolute Gasteiger partial charge is 0.494 e. The van der Waals surface area contributed by atoms with Crippen LogP contribution in [0.3, 0.4) is 0 Å². The first-order chi connectivity index (χ1) is 17.3. The summed E-state index contributed by atoms with van der Waals surface area (Å²) in [5.74, 6) is 0.390. The van der Waals surface area contributed by atoms with E-state index in [1.54, 1.807) is 34.9 Å². The zero-order chi connectivity index (χ0) is 25.7. The summed E-state index contributed by atoms with van der Waals surface area (Å²) in [6.07, 6.45) is -4.59. The SMILES string of the molecule is CCOc1ccc(-n2c(SCC(=O)Nc3ccccc3C(F)(F)F)nnc2-c2cccc(Cl)c2)cc1. The summed E-state index contributed by atoms with van der Waals surface area (Å²) in [5, 5.41) is 11.8. The van der Waals surface area contributed by atoms with E-state index in [1.165, 1.54) is 18.2 Å². The van der Waals surface area contributed by atoms with E-state index in [0.717, 1.165) is 17.8 Å². The normalized spacial score (nSPS) is 11.4. The fourth-order valence-electron chi connectivity index (χ4n) is 3.42. The Bertz CT molecular complexity index is 1360. The summed E-state index contributed by atoms with van der Waals surface area (Å²) >= 11 is 7.22. The molecule has 1 heterocycles. The molecule has 0 unspecified atom stereocenters. The quantitative estimate of drug-likeness (QED) is 0.255. The molecular weight excluding hydrogens is 513 g/mol. The Hall–Kier alpha value is -3.50. The summed E-state index contributed by atoms with van der Waals surface area (Å²) < 4.78 is 47.1. The molecule has 0 aliphatic carbocycles. The number of hydrogen-bond donors (Lipinski definition) is 1. The lowest BCUT2D eigenvalue weighted by atomic mass is 10.1. The van der Waals surface area contributed by atoms with Crippen molar-refractivity contribution in [3.05, 3.63) is 83.4 Å². The second kappa shape index (κ2) is 11.0. The average molecular weight is 533 g/mol. The van der Waals surface area contributed by atoms with Crippen LogP contribution >= 0.6 is 23.4 Å². The molecular formula is C25H20ClF3N4O2S. The van der Waals surface area contributed by atoms with Gasteiger partial charge in [0.05, 0.1) is 23.6 Å². The number of carbonyl (C=O) groups is 1. The van der Waals surface area contributed by atoms with Crippen molar-refractivity contribution in [1.82, 2.24) is 14.8 Å². The number of rotatable bonds is 8. The van der Waals surface area contributed by atoms with E-state index in [0.29, 0.717) is 39.6 Å². The second-order valence-corrected chi connectivity index (χ2v) is 8.84. The fraction of sp³-hybridized carbons (Fsp3) is 0.160. The van der Waals surface area contributed by atoms with Crippen molar-refractivity contribution in [3.8, 4) is 22.8 Å². The van der Waals surface area contributed by atoms with Crippen molar-refractivity contribution in [2.45, 2.75) is 18.3 Å². The van der Waals surface area contributed by atoms with Crippen LogP contribution in [0, 0.1) is 0 Å². The van der Waals surface area contributed by atoms with Gasteiger partial charge in [-0.25, -0.2) is 0 Å². The van der Waals surface area contributed by atoms with E-state index in [2.05, 4.69) is 15.5 Å². The molecule has 0 bridgehead atoms. The Morgan fingerprint density at radius 2 is 1.81 bits per heavy atom. The summed E-state index contributed by atoms with van der Waals surface area (Å²) in [4.78, 5) is 12.6. The smallest absolute Gasteiger partial charge is 0.418 e. The maximum absolute atomic E-state index is 13.3. The standard InChI is InChI=1S/C25H20ClF3N4O2S/c1-2-35-19-12-10-18(11-13-19)33-23(16-6-5-7-17(26)14-16)31-32-24(33)36-15-22(34)30-21-9-4-3-8-20(21)25(27,28)29/h3-14H,2,15H2,1H3,(H,30,34). The van der Waals surface area contributed by atoms with Gasteiger partial charge in [0, 0.05) is 16.3 Å². The predicted octanol–water partition coefficient (Wildman–Crippen LogP) is 6.74. The third-order valence-electron chi connectivity index (χ3n) is 4.96. The molecule has 0 aliphatic heterocycles. The van der Waals surface area contributed by atoms with Gasteiger partial charge in [0.25, 0.3) is 0 Å². The summed E-state index contributed by atoms with van der Waals surface area (Å²) in [6, 6.07) is 19.2. The lowest BCUT2D eigenvalue weighted by Gasteiger charge is -2.14. The van der Waals surface area contributed by atoms with Crippen LogP contribution in [0.2, 0.25) is 5.02 Å². The molecule has 1 aromatic heterocycles. The molecule has 0 spiro atoms. The van der Waals surface area contributed by atoms with Crippen LogP contribution in [-0.4, -0.2) is 33.0 Å². The van der Waals surface area contributed by atoms with Gasteiger partial charge in [-0.1, -0.05) is 47.6 Å². The van der Waals surface area contributed by atoms with Gasteiger partial charge < -0.3 is 10.1 Å². The minimum absolute atomic E-state index is 0.184. The predicted molar refractivity (Wildman–Crippen MR) is 134 cm³/mol. The molecule has 1 N–H and O–H groups in total. The molecule has 0 saturated carbocycles. The summed E-state index contributed by atoms with van der Waals surface area (Å²) in [5.41, 5.74) is 0.204. The number of amides is 1. The third kappa shape index (κ3) is 6.00. The Morgan fingerprint density at radius 1 is 1.06 bits per heavy atom. The van der Waals surface area contributed by atoms with Crippen molar-refractivity contribution in [1.29, 1.82) is 0 Å². The first-order valence-electron chi connectivity index (χ1n) is 10.8. The fourth-order valence-corrected chi connectivity index (χ4v) is 4.37. The maximum Gasteiger partial charge on any atom is 0.418 e. The van der Waals surface area contributed by atoms with Crippen LogP contribution in [-0.2, 0) is 11.0 Å². The number of benzene rings is 3. The van der Waals surface area contributed by atoms with Gasteiger partial charge in [-0.2, -0.15) is 13.2 Å². The third-order valence-corrected chi connectivity index (χ3v) is 6.13. The van der Waals surface area contributed by atoms with Gasteiger partial charge in [0.1, 0.15) is 5.75 Å². The van der Waals surface area contributed by atoms with Crippen LogP contribution in [0.1, 0.15) is 12.5 Å². The molecule has 6 nitrogen and oxygen atoms in total. The molecule has 36 heavy (non-hydrogen) atoms. The van der Waals surface area contributed by atoms with E-state index in [4.69, 9.17) is 16.3 Å². The zero-order valence-electron chi connectivity index (χ0n) is 18.9. The van der Waals surface area contributed by atoms with E-state index < -0.39 is 17.6 Å². The van der Waals surface area contributed by atoms with Gasteiger partial charge in [0.2, 0.25) is 5.91 Å². The number of para-hydroxylation sites is 1. The molecule has 0 radical (unpaired) electrons. The van der Waals surface area contributed by atoms with Gasteiger partial charge in [-0.15, -0.1) is 10.2 Å². The minimum Gasteiger partial charge on any atom is -0.494 e. The number of carbonyl (C=O) groups excluding carboxylic acids is 1. The number of alkyl halides is 3. The van der Waals surface area contributed by atoms with Crippen molar-refractivity contribution >= 4 is 35.0 Å². The molecule has 4 rings (SSSR count). The lowest BCUT2D eigenvalue weighted by Crippen LogP contribution is -2.18. The van der Waals surface area contributed by atoms with Crippen LogP contribution in [0.4, 0.5) is 18.9 Å². The Kier molecular flexibility index (Phi) is 7.85. The number of thioether (sulfide) groups is 1. The molecule has 0 atom stereocenters.